The number of carbonyl (C=O) groups excluding carboxylic acids is 1. The zero-order valence-corrected chi connectivity index (χ0v) is 13.6. The number of amidine groups is 1. The number of rotatable bonds is 5. The van der Waals surface area contributed by atoms with Crippen LogP contribution in [0.25, 0.3) is 0 Å². The molecule has 2 rings (SSSR count). The molecule has 1 aromatic carbocycles. The number of halogens is 1. The number of hydrogen-bond donors (Lipinski definition) is 1. The maximum absolute atomic E-state index is 11.6. The van der Waals surface area contributed by atoms with Crippen LogP contribution in [0.5, 0.6) is 5.75 Å². The van der Waals surface area contributed by atoms with Gasteiger partial charge < -0.3 is 15.3 Å². The fourth-order valence-corrected chi connectivity index (χ4v) is 1.97. The second kappa shape index (κ2) is 7.60. The first kappa shape index (κ1) is 16.8. The molecule has 2 aromatic rings. The lowest BCUT2D eigenvalue weighted by Gasteiger charge is -2.08. The van der Waals surface area contributed by atoms with Gasteiger partial charge in [0.25, 0.3) is 0 Å². The summed E-state index contributed by atoms with van der Waals surface area (Å²) in [6.07, 6.45) is 1.69. The molecule has 23 heavy (non-hydrogen) atoms. The summed E-state index contributed by atoms with van der Waals surface area (Å²) < 4.78 is 5.37. The molecule has 0 saturated carbocycles. The van der Waals surface area contributed by atoms with Crippen LogP contribution in [0, 0.1) is 13.8 Å². The molecule has 0 aliphatic carbocycles. The number of carbonyl (C=O) groups is 1. The zero-order valence-electron chi connectivity index (χ0n) is 12.8. The molecule has 0 atom stereocenters. The van der Waals surface area contributed by atoms with Crippen LogP contribution < -0.4 is 15.5 Å². The van der Waals surface area contributed by atoms with E-state index in [4.69, 9.17) is 26.9 Å². The molecular weight excluding hydrogens is 318 g/mol. The summed E-state index contributed by atoms with van der Waals surface area (Å²) in [4.78, 5) is 19.2. The average Bonchev–Trinajstić information content (AvgIpc) is 2.56. The molecule has 6 nitrogen and oxygen atoms in total. The maximum atomic E-state index is 11.6. The van der Waals surface area contributed by atoms with Crippen LogP contribution in [0.15, 0.2) is 41.7 Å². The number of nitrogens with zero attached hydrogens (tertiary/aromatic N) is 1. The van der Waals surface area contributed by atoms with Crippen molar-refractivity contribution in [1.82, 2.24) is 0 Å². The van der Waals surface area contributed by atoms with Gasteiger partial charge in [0, 0.05) is 17.2 Å². The van der Waals surface area contributed by atoms with Crippen molar-refractivity contribution in [3.8, 4) is 5.75 Å². The molecular formula is C16H17ClN3O3+. The first-order chi connectivity index (χ1) is 11.0. The third-order valence-corrected chi connectivity index (χ3v) is 3.59. The molecule has 0 spiro atoms. The van der Waals surface area contributed by atoms with E-state index in [-0.39, 0.29) is 12.4 Å². The minimum Gasteiger partial charge on any atom is -0.482 e. The number of nitrogens with one attached hydrogen (secondary N) is 1. The zero-order chi connectivity index (χ0) is 16.8. The molecule has 1 heterocycles. The molecule has 0 bridgehead atoms. The van der Waals surface area contributed by atoms with Gasteiger partial charge in [-0.2, -0.15) is 0 Å². The minimum absolute atomic E-state index is 0.0668. The first-order valence-corrected chi connectivity index (χ1v) is 7.25. The Labute approximate surface area is 138 Å². The van der Waals surface area contributed by atoms with Crippen LogP contribution in [-0.2, 0) is 9.63 Å². The molecule has 0 radical (unpaired) electrons. The topological polar surface area (TPSA) is 88.0 Å². The largest absolute Gasteiger partial charge is 0.482 e. The molecule has 1 aromatic heterocycles. The molecule has 120 valence electrons. The Morgan fingerprint density at radius 2 is 2.00 bits per heavy atom. The lowest BCUT2D eigenvalue weighted by Crippen LogP contribution is -2.25. The van der Waals surface area contributed by atoms with Crippen molar-refractivity contribution in [2.24, 2.45) is 10.9 Å². The third-order valence-electron chi connectivity index (χ3n) is 3.00. The number of nitrogens with two attached hydrogens (primary N) is 1. The Bertz CT molecular complexity index is 710. The predicted octanol–water partition coefficient (Wildman–Crippen LogP) is 2.01. The van der Waals surface area contributed by atoms with Gasteiger partial charge in [0.05, 0.1) is 0 Å². The number of benzene rings is 1. The quantitative estimate of drug-likeness (QED) is 0.392. The summed E-state index contributed by atoms with van der Waals surface area (Å²) >= 11 is 6.07. The van der Waals surface area contributed by atoms with Gasteiger partial charge in [0.1, 0.15) is 5.75 Å². The van der Waals surface area contributed by atoms with E-state index in [9.17, 15) is 4.79 Å². The fourth-order valence-electron chi connectivity index (χ4n) is 1.86. The lowest BCUT2D eigenvalue weighted by molar-refractivity contribution is -0.380. The normalized spacial score (nSPS) is 11.2. The van der Waals surface area contributed by atoms with Gasteiger partial charge >= 0.3 is 5.97 Å². The first-order valence-electron chi connectivity index (χ1n) is 6.87. The van der Waals surface area contributed by atoms with Gasteiger partial charge in [0.2, 0.25) is 11.5 Å². The van der Waals surface area contributed by atoms with Crippen molar-refractivity contribution < 1.29 is 19.4 Å². The van der Waals surface area contributed by atoms with Crippen LogP contribution in [0.1, 0.15) is 16.8 Å². The van der Waals surface area contributed by atoms with Gasteiger partial charge in [0.15, 0.2) is 12.8 Å². The SMILES string of the molecule is Cc1cc(OCC(=O)ON=C(N)c2cccc[nH+]2)cc(C)c1Cl. The maximum Gasteiger partial charge on any atom is 0.372 e. The fraction of sp³-hybridized carbons (Fsp3) is 0.188. The summed E-state index contributed by atoms with van der Waals surface area (Å²) in [6.45, 7) is 3.44. The van der Waals surface area contributed by atoms with Gasteiger partial charge in [-0.3, -0.25) is 0 Å². The Balaban J connectivity index is 1.91. The van der Waals surface area contributed by atoms with Crippen molar-refractivity contribution >= 4 is 23.4 Å². The van der Waals surface area contributed by atoms with Crippen molar-refractivity contribution in [3.63, 3.8) is 0 Å². The van der Waals surface area contributed by atoms with Crippen LogP contribution in [0.2, 0.25) is 5.02 Å². The van der Waals surface area contributed by atoms with Crippen LogP contribution in [0.4, 0.5) is 0 Å². The monoisotopic (exact) mass is 334 g/mol. The van der Waals surface area contributed by atoms with Gasteiger partial charge in [-0.1, -0.05) is 16.8 Å². The van der Waals surface area contributed by atoms with Crippen LogP contribution >= 0.6 is 11.6 Å². The molecule has 3 N–H and O–H groups in total. The summed E-state index contributed by atoms with van der Waals surface area (Å²) in [6, 6.07) is 8.79. The Kier molecular flexibility index (Phi) is 5.54. The van der Waals surface area contributed by atoms with Crippen LogP contribution in [0.3, 0.4) is 0 Å². The molecule has 0 fully saturated rings. The standard InChI is InChI=1S/C16H16ClN3O3/c1-10-7-12(8-11(2)15(10)17)22-9-14(21)23-20-16(18)13-5-3-4-6-19-13/h3-8H,9H2,1-2H3,(H2,18,20)/p+1. The van der Waals surface area contributed by atoms with Crippen molar-refractivity contribution in [1.29, 1.82) is 0 Å². The molecule has 0 aliphatic heterocycles. The van der Waals surface area contributed by atoms with E-state index in [1.807, 2.05) is 13.8 Å². The van der Waals surface area contributed by atoms with Gasteiger partial charge in [-0.05, 0) is 43.2 Å². The molecule has 0 aliphatic rings. The summed E-state index contributed by atoms with van der Waals surface area (Å²) in [5.74, 6) is -0.0547. The molecule has 0 saturated heterocycles. The highest BCUT2D eigenvalue weighted by atomic mass is 35.5. The number of H-pyrrole nitrogens is 1. The second-order valence-electron chi connectivity index (χ2n) is 4.88. The van der Waals surface area contributed by atoms with E-state index in [0.29, 0.717) is 16.5 Å². The highest BCUT2D eigenvalue weighted by molar-refractivity contribution is 6.32. The van der Waals surface area contributed by atoms with E-state index in [0.717, 1.165) is 11.1 Å². The highest BCUT2D eigenvalue weighted by Gasteiger charge is 2.10. The Morgan fingerprint density at radius 1 is 1.30 bits per heavy atom. The van der Waals surface area contributed by atoms with Crippen molar-refractivity contribution in [3.05, 3.63) is 58.4 Å². The number of aromatic nitrogens is 1. The van der Waals surface area contributed by atoms with Gasteiger partial charge in [-0.25, -0.2) is 9.78 Å². The van der Waals surface area contributed by atoms with E-state index >= 15 is 0 Å². The Hall–Kier alpha value is -2.60. The predicted molar refractivity (Wildman–Crippen MR) is 86.2 cm³/mol. The van der Waals surface area contributed by atoms with E-state index in [1.165, 1.54) is 0 Å². The molecule has 7 heteroatoms. The van der Waals surface area contributed by atoms with Crippen LogP contribution in [-0.4, -0.2) is 18.4 Å². The number of oxime groups is 1. The summed E-state index contributed by atoms with van der Waals surface area (Å²) in [5, 5.41) is 4.25. The smallest absolute Gasteiger partial charge is 0.372 e. The minimum atomic E-state index is -0.658. The average molecular weight is 335 g/mol. The summed E-state index contributed by atoms with van der Waals surface area (Å²) in [7, 11) is 0. The number of aryl methyl sites for hydroxylation is 2. The number of aromatic amines is 1. The number of hydrogen-bond acceptors (Lipinski definition) is 4. The van der Waals surface area contributed by atoms with Crippen molar-refractivity contribution in [2.75, 3.05) is 6.61 Å². The number of pyridine rings is 1. The van der Waals surface area contributed by atoms with Gasteiger partial charge in [-0.15, -0.1) is 0 Å². The highest BCUT2D eigenvalue weighted by Crippen LogP contribution is 2.25. The lowest BCUT2D eigenvalue weighted by atomic mass is 10.1. The molecule has 0 amide bonds. The van der Waals surface area contributed by atoms with E-state index in [1.54, 1.807) is 36.5 Å². The summed E-state index contributed by atoms with van der Waals surface area (Å²) in [5.41, 5.74) is 7.98. The van der Waals surface area contributed by atoms with Crippen molar-refractivity contribution in [2.45, 2.75) is 13.8 Å². The van der Waals surface area contributed by atoms with E-state index in [2.05, 4.69) is 10.1 Å². The second-order valence-corrected chi connectivity index (χ2v) is 5.25. The Morgan fingerprint density at radius 3 is 2.61 bits per heavy atom. The molecule has 0 unspecified atom stereocenters. The third kappa shape index (κ3) is 4.69. The van der Waals surface area contributed by atoms with E-state index < -0.39 is 5.97 Å². The number of ether oxygens (including phenoxy) is 1.